The van der Waals surface area contributed by atoms with Crippen molar-refractivity contribution in [3.05, 3.63) is 40.6 Å². The Labute approximate surface area is 95.4 Å². The van der Waals surface area contributed by atoms with E-state index in [1.54, 1.807) is 0 Å². The first-order chi connectivity index (χ1) is 6.22. The second-order valence-electron chi connectivity index (χ2n) is 2.31. The molecule has 0 fully saturated rings. The maximum Gasteiger partial charge on any atom is 0.141 e. The highest BCUT2D eigenvalue weighted by Crippen LogP contribution is 2.17. The zero-order chi connectivity index (χ0) is 9.68. The SMILES string of the molecule is ClC(Cl)=COc1cccc(CBr)c1. The molecule has 0 unspecified atom stereocenters. The molecule has 70 valence electrons. The third kappa shape index (κ3) is 4.03. The van der Waals surface area contributed by atoms with Crippen molar-refractivity contribution >= 4 is 39.1 Å². The molecule has 13 heavy (non-hydrogen) atoms. The molecule has 0 N–H and O–H groups in total. The lowest BCUT2D eigenvalue weighted by atomic mass is 10.2. The van der Waals surface area contributed by atoms with Crippen LogP contribution in [-0.2, 0) is 5.33 Å². The first-order valence-corrected chi connectivity index (χ1v) is 5.43. The maximum atomic E-state index is 5.39. The van der Waals surface area contributed by atoms with Gasteiger partial charge in [0, 0.05) is 5.33 Å². The summed E-state index contributed by atoms with van der Waals surface area (Å²) in [5, 5.41) is 0.794. The van der Waals surface area contributed by atoms with Gasteiger partial charge in [0.1, 0.15) is 16.5 Å². The van der Waals surface area contributed by atoms with Gasteiger partial charge in [-0.3, -0.25) is 0 Å². The molecule has 1 aromatic carbocycles. The van der Waals surface area contributed by atoms with E-state index in [1.807, 2.05) is 24.3 Å². The quantitative estimate of drug-likeness (QED) is 0.595. The third-order valence-electron chi connectivity index (χ3n) is 1.34. The summed E-state index contributed by atoms with van der Waals surface area (Å²) in [6.07, 6.45) is 1.29. The minimum Gasteiger partial charge on any atom is -0.462 e. The van der Waals surface area contributed by atoms with Crippen molar-refractivity contribution in [1.29, 1.82) is 0 Å². The fourth-order valence-corrected chi connectivity index (χ4v) is 1.25. The van der Waals surface area contributed by atoms with Crippen molar-refractivity contribution in [3.8, 4) is 5.75 Å². The molecule has 0 atom stereocenters. The average Bonchev–Trinajstić information content (AvgIpc) is 2.15. The molecular formula is C9H7BrCl2O. The Balaban J connectivity index is 2.72. The summed E-state index contributed by atoms with van der Waals surface area (Å²) in [5.74, 6) is 0.718. The van der Waals surface area contributed by atoms with E-state index in [2.05, 4.69) is 15.9 Å². The normalized spacial score (nSPS) is 9.46. The number of ether oxygens (including phenoxy) is 1. The van der Waals surface area contributed by atoms with Crippen molar-refractivity contribution in [1.82, 2.24) is 0 Å². The molecule has 0 aliphatic heterocycles. The molecule has 0 aliphatic carbocycles. The summed E-state index contributed by atoms with van der Waals surface area (Å²) in [6.45, 7) is 0. The second-order valence-corrected chi connectivity index (χ2v) is 3.87. The van der Waals surface area contributed by atoms with Gasteiger partial charge >= 0.3 is 0 Å². The van der Waals surface area contributed by atoms with Gasteiger partial charge in [-0.25, -0.2) is 0 Å². The zero-order valence-electron chi connectivity index (χ0n) is 6.64. The van der Waals surface area contributed by atoms with E-state index in [0.29, 0.717) is 0 Å². The number of rotatable bonds is 3. The molecule has 1 aromatic rings. The largest absolute Gasteiger partial charge is 0.462 e. The van der Waals surface area contributed by atoms with Crippen LogP contribution in [0.1, 0.15) is 5.56 Å². The fraction of sp³-hybridized carbons (Fsp3) is 0.111. The van der Waals surface area contributed by atoms with E-state index >= 15 is 0 Å². The van der Waals surface area contributed by atoms with Crippen molar-refractivity contribution in [2.75, 3.05) is 0 Å². The number of halogens is 3. The van der Waals surface area contributed by atoms with Gasteiger partial charge in [-0.2, -0.15) is 0 Å². The van der Waals surface area contributed by atoms with Gasteiger partial charge in [0.15, 0.2) is 0 Å². The minimum absolute atomic E-state index is 0.101. The first-order valence-electron chi connectivity index (χ1n) is 3.55. The van der Waals surface area contributed by atoms with Gasteiger partial charge < -0.3 is 4.74 Å². The van der Waals surface area contributed by atoms with E-state index < -0.39 is 0 Å². The standard InChI is InChI=1S/C9H7BrCl2O/c10-5-7-2-1-3-8(4-7)13-6-9(11)12/h1-4,6H,5H2. The van der Waals surface area contributed by atoms with Crippen molar-refractivity contribution in [2.45, 2.75) is 5.33 Å². The smallest absolute Gasteiger partial charge is 0.141 e. The molecule has 0 saturated carbocycles. The first kappa shape index (κ1) is 10.9. The molecule has 1 nitrogen and oxygen atoms in total. The van der Waals surface area contributed by atoms with Gasteiger partial charge in [-0.05, 0) is 17.7 Å². The predicted octanol–water partition coefficient (Wildman–Crippen LogP) is 4.24. The van der Waals surface area contributed by atoms with E-state index in [4.69, 9.17) is 27.9 Å². The summed E-state index contributed by atoms with van der Waals surface area (Å²) in [6, 6.07) is 7.64. The second kappa shape index (κ2) is 5.53. The van der Waals surface area contributed by atoms with Crippen molar-refractivity contribution in [3.63, 3.8) is 0 Å². The lowest BCUT2D eigenvalue weighted by Gasteiger charge is -2.01. The highest BCUT2D eigenvalue weighted by molar-refractivity contribution is 9.08. The number of hydrogen-bond acceptors (Lipinski definition) is 1. The molecule has 0 aliphatic rings. The predicted molar refractivity (Wildman–Crippen MR) is 59.5 cm³/mol. The Morgan fingerprint density at radius 1 is 1.46 bits per heavy atom. The van der Waals surface area contributed by atoms with Gasteiger partial charge in [0.05, 0.1) is 0 Å². The highest BCUT2D eigenvalue weighted by atomic mass is 79.9. The molecule has 0 radical (unpaired) electrons. The number of alkyl halides is 1. The van der Waals surface area contributed by atoms with E-state index in [1.165, 1.54) is 6.26 Å². The monoisotopic (exact) mass is 280 g/mol. The van der Waals surface area contributed by atoms with Crippen LogP contribution in [0, 0.1) is 0 Å². The summed E-state index contributed by atoms with van der Waals surface area (Å²) in [5.41, 5.74) is 1.14. The van der Waals surface area contributed by atoms with Crippen LogP contribution in [0.4, 0.5) is 0 Å². The van der Waals surface area contributed by atoms with E-state index in [-0.39, 0.29) is 4.49 Å². The van der Waals surface area contributed by atoms with Crippen LogP contribution in [0.5, 0.6) is 5.75 Å². The molecule has 0 saturated heterocycles. The van der Waals surface area contributed by atoms with Crippen LogP contribution >= 0.6 is 39.1 Å². The molecule has 0 amide bonds. The highest BCUT2D eigenvalue weighted by Gasteiger charge is 1.94. The third-order valence-corrected chi connectivity index (χ3v) is 2.16. The lowest BCUT2D eigenvalue weighted by Crippen LogP contribution is -1.83. The maximum absolute atomic E-state index is 5.39. The minimum atomic E-state index is 0.101. The Morgan fingerprint density at radius 3 is 2.85 bits per heavy atom. The van der Waals surface area contributed by atoms with Crippen LogP contribution < -0.4 is 4.74 Å². The van der Waals surface area contributed by atoms with Crippen LogP contribution in [0.15, 0.2) is 35.0 Å². The molecule has 4 heteroatoms. The Hall–Kier alpha value is -0.180. The van der Waals surface area contributed by atoms with Crippen LogP contribution in [0.25, 0.3) is 0 Å². The van der Waals surface area contributed by atoms with Gasteiger partial charge in [0.25, 0.3) is 0 Å². The summed E-state index contributed by atoms with van der Waals surface area (Å²) >= 11 is 14.1. The lowest BCUT2D eigenvalue weighted by molar-refractivity contribution is 0.481. The summed E-state index contributed by atoms with van der Waals surface area (Å²) in [4.78, 5) is 0. The zero-order valence-corrected chi connectivity index (χ0v) is 9.73. The van der Waals surface area contributed by atoms with E-state index in [0.717, 1.165) is 16.6 Å². The molecule has 0 aromatic heterocycles. The molecule has 0 heterocycles. The molecular weight excluding hydrogens is 275 g/mol. The van der Waals surface area contributed by atoms with Crippen molar-refractivity contribution < 1.29 is 4.74 Å². The van der Waals surface area contributed by atoms with Crippen LogP contribution in [0.2, 0.25) is 0 Å². The van der Waals surface area contributed by atoms with Gasteiger partial charge in [-0.15, -0.1) is 0 Å². The molecule has 0 bridgehead atoms. The van der Waals surface area contributed by atoms with Crippen LogP contribution in [0.3, 0.4) is 0 Å². The number of hydrogen-bond donors (Lipinski definition) is 0. The average molecular weight is 282 g/mol. The summed E-state index contributed by atoms with van der Waals surface area (Å²) < 4.78 is 5.26. The Kier molecular flexibility index (Phi) is 4.64. The van der Waals surface area contributed by atoms with Crippen molar-refractivity contribution in [2.24, 2.45) is 0 Å². The Morgan fingerprint density at radius 2 is 2.23 bits per heavy atom. The van der Waals surface area contributed by atoms with Gasteiger partial charge in [-0.1, -0.05) is 51.3 Å². The molecule has 1 rings (SSSR count). The molecule has 0 spiro atoms. The Bertz CT molecular complexity index is 308. The topological polar surface area (TPSA) is 9.23 Å². The summed E-state index contributed by atoms with van der Waals surface area (Å²) in [7, 11) is 0. The number of benzene rings is 1. The van der Waals surface area contributed by atoms with Crippen LogP contribution in [-0.4, -0.2) is 0 Å². The van der Waals surface area contributed by atoms with E-state index in [9.17, 15) is 0 Å². The fourth-order valence-electron chi connectivity index (χ4n) is 0.815. The van der Waals surface area contributed by atoms with Gasteiger partial charge in [0.2, 0.25) is 0 Å².